The van der Waals surface area contributed by atoms with Gasteiger partial charge in [-0.3, -0.25) is 19.3 Å². The Hall–Kier alpha value is -3.35. The Morgan fingerprint density at radius 2 is 1.86 bits per heavy atom. The maximum absolute atomic E-state index is 13.8. The van der Waals surface area contributed by atoms with Crippen LogP contribution in [0.25, 0.3) is 11.3 Å². The van der Waals surface area contributed by atoms with Gasteiger partial charge in [0.15, 0.2) is 5.82 Å². The van der Waals surface area contributed by atoms with Gasteiger partial charge in [0.2, 0.25) is 0 Å². The predicted molar refractivity (Wildman–Crippen MR) is 107 cm³/mol. The molecule has 0 aliphatic heterocycles. The zero-order chi connectivity index (χ0) is 21.3. The third-order valence-electron chi connectivity index (χ3n) is 4.59. The van der Waals surface area contributed by atoms with Crippen LogP contribution in [0.3, 0.4) is 0 Å². The quantitative estimate of drug-likeness (QED) is 0.639. The maximum atomic E-state index is 13.8. The fourth-order valence-electron chi connectivity index (χ4n) is 2.93. The van der Waals surface area contributed by atoms with Crippen LogP contribution in [0, 0.1) is 32.4 Å². The fourth-order valence-corrected chi connectivity index (χ4v) is 2.93. The number of halogens is 2. The van der Waals surface area contributed by atoms with Crippen molar-refractivity contribution in [2.24, 2.45) is 0 Å². The average Bonchev–Trinajstić information content (AvgIpc) is 2.66. The van der Waals surface area contributed by atoms with E-state index < -0.39 is 11.6 Å². The second-order valence-electron chi connectivity index (χ2n) is 6.92. The predicted octanol–water partition coefficient (Wildman–Crippen LogP) is 4.44. The molecule has 0 aliphatic rings. The summed E-state index contributed by atoms with van der Waals surface area (Å²) in [5, 5.41) is 0. The molecule has 0 atom stereocenters. The van der Waals surface area contributed by atoms with Gasteiger partial charge in [-0.15, -0.1) is 0 Å². The second kappa shape index (κ2) is 7.95. The number of nitrogens with zero attached hydrogens (tertiary/aromatic N) is 3. The molecule has 0 N–H and O–H groups in total. The minimum atomic E-state index is -0.799. The summed E-state index contributed by atoms with van der Waals surface area (Å²) in [6.45, 7) is 10.8. The van der Waals surface area contributed by atoms with Crippen molar-refractivity contribution in [3.63, 3.8) is 0 Å². The average molecular weight is 397 g/mol. The first kappa shape index (κ1) is 20.4. The number of aromatic nitrogens is 3. The number of pyridine rings is 3. The number of hydrogen-bond acceptors (Lipinski definition) is 4. The summed E-state index contributed by atoms with van der Waals surface area (Å²) in [5.74, 6) is -1.24. The molecule has 0 unspecified atom stereocenters. The molecule has 3 aromatic rings. The summed E-state index contributed by atoms with van der Waals surface area (Å²) in [7, 11) is 0. The van der Waals surface area contributed by atoms with E-state index in [1.54, 1.807) is 30.7 Å². The van der Waals surface area contributed by atoms with Gasteiger partial charge in [-0.25, -0.2) is 8.78 Å². The van der Waals surface area contributed by atoms with E-state index in [9.17, 15) is 13.6 Å². The molecule has 0 saturated heterocycles. The summed E-state index contributed by atoms with van der Waals surface area (Å²) in [6, 6.07) is 4.27. The van der Waals surface area contributed by atoms with Crippen LogP contribution < -0.4 is 10.3 Å². The molecule has 0 radical (unpaired) electrons. The Kier molecular flexibility index (Phi) is 5.59. The first-order chi connectivity index (χ1) is 13.7. The molecule has 5 nitrogen and oxygen atoms in total. The SMILES string of the molecule is C=C(C)c1cc(-n2c(C)cc(OCc3ncc(F)cc3F)c(C)c2=O)c(C)cn1. The molecule has 0 bridgehead atoms. The fraction of sp³-hybridized carbons (Fsp3) is 0.227. The summed E-state index contributed by atoms with van der Waals surface area (Å²) < 4.78 is 34.0. The van der Waals surface area contributed by atoms with Crippen molar-refractivity contribution < 1.29 is 13.5 Å². The van der Waals surface area contributed by atoms with Crippen LogP contribution in [0.15, 0.2) is 42.0 Å². The molecule has 0 amide bonds. The lowest BCUT2D eigenvalue weighted by atomic mass is 10.1. The van der Waals surface area contributed by atoms with E-state index in [-0.39, 0.29) is 17.9 Å². The van der Waals surface area contributed by atoms with E-state index in [1.807, 2.05) is 19.9 Å². The highest BCUT2D eigenvalue weighted by Crippen LogP contribution is 2.23. The van der Waals surface area contributed by atoms with Gasteiger partial charge in [0.05, 0.1) is 23.1 Å². The molecule has 3 rings (SSSR count). The molecule has 3 aromatic heterocycles. The van der Waals surface area contributed by atoms with Crippen molar-refractivity contribution in [3.8, 4) is 11.4 Å². The minimum Gasteiger partial charge on any atom is -0.487 e. The third kappa shape index (κ3) is 4.08. The van der Waals surface area contributed by atoms with Gasteiger partial charge in [-0.1, -0.05) is 6.58 Å². The molecule has 7 heteroatoms. The highest BCUT2D eigenvalue weighted by Gasteiger charge is 2.16. The summed E-state index contributed by atoms with van der Waals surface area (Å²) in [6.07, 6.45) is 2.62. The molecule has 0 saturated carbocycles. The summed E-state index contributed by atoms with van der Waals surface area (Å²) in [4.78, 5) is 21.1. The number of rotatable bonds is 5. The number of ether oxygens (including phenoxy) is 1. The normalized spacial score (nSPS) is 10.8. The van der Waals surface area contributed by atoms with E-state index in [2.05, 4.69) is 16.5 Å². The lowest BCUT2D eigenvalue weighted by Gasteiger charge is -2.17. The highest BCUT2D eigenvalue weighted by molar-refractivity contribution is 5.61. The first-order valence-corrected chi connectivity index (χ1v) is 8.98. The Balaban J connectivity index is 2.00. The molecule has 3 heterocycles. The molecule has 0 aliphatic carbocycles. The Morgan fingerprint density at radius 1 is 1.14 bits per heavy atom. The summed E-state index contributed by atoms with van der Waals surface area (Å²) >= 11 is 0. The lowest BCUT2D eigenvalue weighted by molar-refractivity contribution is 0.290. The van der Waals surface area contributed by atoms with Crippen LogP contribution in [0.5, 0.6) is 5.75 Å². The molecule has 0 fully saturated rings. The van der Waals surface area contributed by atoms with Crippen molar-refractivity contribution in [1.29, 1.82) is 0 Å². The molecular formula is C22H21F2N3O2. The zero-order valence-electron chi connectivity index (χ0n) is 16.7. The van der Waals surface area contributed by atoms with Crippen LogP contribution in [0.2, 0.25) is 0 Å². The van der Waals surface area contributed by atoms with Gasteiger partial charge in [-0.05, 0) is 44.9 Å². The van der Waals surface area contributed by atoms with Crippen molar-refractivity contribution in [2.45, 2.75) is 34.3 Å². The van der Waals surface area contributed by atoms with Crippen LogP contribution in [0.4, 0.5) is 8.78 Å². The van der Waals surface area contributed by atoms with Crippen LogP contribution in [-0.4, -0.2) is 14.5 Å². The molecular weight excluding hydrogens is 376 g/mol. The van der Waals surface area contributed by atoms with Gasteiger partial charge < -0.3 is 4.74 Å². The van der Waals surface area contributed by atoms with E-state index in [1.165, 1.54) is 0 Å². The van der Waals surface area contributed by atoms with Crippen LogP contribution in [-0.2, 0) is 6.61 Å². The molecule has 0 spiro atoms. The number of aryl methyl sites for hydroxylation is 2. The standard InChI is InChI=1S/C22H21F2N3O2/c1-12(2)18-8-20(13(3)9-25-18)27-14(4)6-21(15(5)22(27)28)29-11-19-17(24)7-16(23)10-26-19/h6-10H,1,11H2,2-5H3. The molecule has 0 aromatic carbocycles. The summed E-state index contributed by atoms with van der Waals surface area (Å²) in [5.41, 5.74) is 3.76. The Bertz CT molecular complexity index is 1170. The van der Waals surface area contributed by atoms with E-state index in [4.69, 9.17) is 4.74 Å². The van der Waals surface area contributed by atoms with Crippen molar-refractivity contribution in [3.05, 3.63) is 87.4 Å². The maximum Gasteiger partial charge on any atom is 0.261 e. The van der Waals surface area contributed by atoms with Gasteiger partial charge in [-0.2, -0.15) is 0 Å². The van der Waals surface area contributed by atoms with Gasteiger partial charge in [0.1, 0.15) is 23.9 Å². The van der Waals surface area contributed by atoms with E-state index in [0.29, 0.717) is 28.4 Å². The van der Waals surface area contributed by atoms with Crippen LogP contribution in [0.1, 0.15) is 35.1 Å². The largest absolute Gasteiger partial charge is 0.487 e. The second-order valence-corrected chi connectivity index (χ2v) is 6.92. The highest BCUT2D eigenvalue weighted by atomic mass is 19.1. The Morgan fingerprint density at radius 3 is 2.52 bits per heavy atom. The topological polar surface area (TPSA) is 57.0 Å². The molecule has 150 valence electrons. The van der Waals surface area contributed by atoms with Gasteiger partial charge >= 0.3 is 0 Å². The van der Waals surface area contributed by atoms with Crippen molar-refractivity contribution >= 4 is 5.57 Å². The number of allylic oxidation sites excluding steroid dienone is 1. The van der Waals surface area contributed by atoms with E-state index >= 15 is 0 Å². The smallest absolute Gasteiger partial charge is 0.261 e. The van der Waals surface area contributed by atoms with E-state index in [0.717, 1.165) is 23.4 Å². The lowest BCUT2D eigenvalue weighted by Crippen LogP contribution is -2.24. The van der Waals surface area contributed by atoms with Gasteiger partial charge in [0.25, 0.3) is 5.56 Å². The number of hydrogen-bond donors (Lipinski definition) is 0. The minimum absolute atomic E-state index is 0.0382. The monoisotopic (exact) mass is 397 g/mol. The third-order valence-corrected chi connectivity index (χ3v) is 4.59. The van der Waals surface area contributed by atoms with Gasteiger partial charge in [0, 0.05) is 24.0 Å². The zero-order valence-corrected chi connectivity index (χ0v) is 16.7. The Labute approximate surface area is 167 Å². The van der Waals surface area contributed by atoms with Crippen LogP contribution >= 0.6 is 0 Å². The molecule has 29 heavy (non-hydrogen) atoms. The van der Waals surface area contributed by atoms with Crippen molar-refractivity contribution in [2.75, 3.05) is 0 Å². The van der Waals surface area contributed by atoms with Crippen molar-refractivity contribution in [1.82, 2.24) is 14.5 Å². The first-order valence-electron chi connectivity index (χ1n) is 8.98.